The maximum atomic E-state index is 15.9. The monoisotopic (exact) mass is 1250 g/mol. The largest absolute Gasteiger partial charge is 0.420 e. The Labute approximate surface area is 532 Å². The molecule has 460 valence electrons. The summed E-state index contributed by atoms with van der Waals surface area (Å²) in [7, 11) is 0. The number of alkyl halides is 9. The molecule has 0 aliphatic carbocycles. The molecule has 0 saturated heterocycles. The fraction of sp³-hybridized carbons (Fsp3) is 0.0875. The zero-order valence-electron chi connectivity index (χ0n) is 50.7. The normalized spacial score (nSPS) is 12.3. The van der Waals surface area contributed by atoms with Crippen molar-refractivity contribution in [2.75, 3.05) is 0 Å². The molecule has 12 aromatic carbocycles. The molecule has 5 nitrogen and oxygen atoms in total. The van der Waals surface area contributed by atoms with Crippen molar-refractivity contribution in [2.45, 2.75) is 46.2 Å². The van der Waals surface area contributed by atoms with Gasteiger partial charge in [-0.05, 0) is 133 Å². The summed E-state index contributed by atoms with van der Waals surface area (Å²) in [6.07, 6.45) is -14.2. The van der Waals surface area contributed by atoms with Crippen molar-refractivity contribution >= 4 is 87.2 Å². The minimum absolute atomic E-state index is 0.0138. The first kappa shape index (κ1) is 59.0. The highest BCUT2D eigenvalue weighted by molar-refractivity contribution is 6.14. The van der Waals surface area contributed by atoms with E-state index in [9.17, 15) is 31.6 Å². The van der Waals surface area contributed by atoms with Crippen LogP contribution in [0.4, 0.5) is 39.5 Å². The minimum atomic E-state index is -4.91. The highest BCUT2D eigenvalue weighted by Crippen LogP contribution is 2.50. The van der Waals surface area contributed by atoms with Gasteiger partial charge in [-0.1, -0.05) is 182 Å². The van der Waals surface area contributed by atoms with Crippen LogP contribution in [0.25, 0.3) is 132 Å². The van der Waals surface area contributed by atoms with E-state index in [1.165, 1.54) is 42.5 Å². The molecular formula is C80H52F9N5. The van der Waals surface area contributed by atoms with E-state index in [1.807, 2.05) is 182 Å². The van der Waals surface area contributed by atoms with Crippen molar-refractivity contribution in [3.8, 4) is 51.1 Å². The molecule has 0 atom stereocenters. The van der Waals surface area contributed by atoms with Gasteiger partial charge in [-0.2, -0.15) is 44.8 Å². The fourth-order valence-electron chi connectivity index (χ4n) is 14.4. The average molecular weight is 1250 g/mol. The zero-order valence-corrected chi connectivity index (χ0v) is 50.7. The summed E-state index contributed by atoms with van der Waals surface area (Å²) < 4.78 is 142. The Morgan fingerprint density at radius 1 is 0.287 bits per heavy atom. The number of hydrogen-bond donors (Lipinski definition) is 0. The van der Waals surface area contributed by atoms with Crippen LogP contribution in [-0.2, 0) is 18.5 Å². The van der Waals surface area contributed by atoms with Gasteiger partial charge in [-0.3, -0.25) is 0 Å². The average Bonchev–Trinajstić information content (AvgIpc) is 1.50. The van der Waals surface area contributed by atoms with Gasteiger partial charge in [0.25, 0.3) is 0 Å². The van der Waals surface area contributed by atoms with E-state index in [0.29, 0.717) is 44.6 Å². The molecule has 0 unspecified atom stereocenters. The zero-order chi connectivity index (χ0) is 65.3. The molecule has 0 radical (unpaired) electrons. The first-order valence-corrected chi connectivity index (χ1v) is 30.4. The third-order valence-electron chi connectivity index (χ3n) is 18.2. The maximum absolute atomic E-state index is 15.9. The summed E-state index contributed by atoms with van der Waals surface area (Å²) in [5, 5.41) is 18.0. The smallest absolute Gasteiger partial charge is 0.308 e. The SMILES string of the molecule is Cc1cccc2c3ccccc3n(-c3cc(-c4ccccc4C(F)(F)F)cc(-n4c5ccccc5c5cccc(C)c54)c3C#N)c12.Cc1cccc2c3ccccc3n(-c3cc(-c4ccccc4C(F)(F)F)cc(-n4c5ccccc5c5cccc(C)c54)c3C(F)(F)F)c12. The molecule has 0 aliphatic heterocycles. The summed E-state index contributed by atoms with van der Waals surface area (Å²) in [5.74, 6) is 0. The molecule has 0 amide bonds. The molecule has 0 fully saturated rings. The number of nitriles is 1. The summed E-state index contributed by atoms with van der Waals surface area (Å²) in [4.78, 5) is 0. The molecule has 0 aliphatic rings. The lowest BCUT2D eigenvalue weighted by Gasteiger charge is -2.24. The van der Waals surface area contributed by atoms with Crippen molar-refractivity contribution in [3.05, 3.63) is 287 Å². The lowest BCUT2D eigenvalue weighted by molar-refractivity contribution is -0.138. The van der Waals surface area contributed by atoms with E-state index in [-0.39, 0.29) is 28.1 Å². The van der Waals surface area contributed by atoms with E-state index < -0.39 is 35.2 Å². The van der Waals surface area contributed by atoms with Gasteiger partial charge < -0.3 is 18.3 Å². The van der Waals surface area contributed by atoms with Crippen LogP contribution in [0.3, 0.4) is 0 Å². The maximum Gasteiger partial charge on any atom is 0.420 e. The van der Waals surface area contributed by atoms with E-state index in [4.69, 9.17) is 0 Å². The molecular weight excluding hydrogens is 1200 g/mol. The number of hydrogen-bond acceptors (Lipinski definition) is 1. The molecule has 16 aromatic rings. The summed E-state index contributed by atoms with van der Waals surface area (Å²) >= 11 is 0. The fourth-order valence-corrected chi connectivity index (χ4v) is 14.4. The van der Waals surface area contributed by atoms with Gasteiger partial charge in [0, 0.05) is 43.1 Å². The standard InChI is InChI=1S/C40H26F6N2.C40H26F3N3/c1-23-11-9-16-29-27-14-4-7-19-32(27)47(37(23)29)34-21-25(26-13-3-6-18-31(26)39(41,42)43)22-35(36(34)40(44,45)46)48-33-20-8-5-15-28(33)30-17-10-12-24(2)38(30)48;1-24-11-9-16-30-28-14-4-7-19-34(28)45(38(24)30)36-21-26(27-13-3-6-18-33(27)40(41,42)43)22-37(32(36)23-44)46-35-20-8-5-15-29(35)31-17-10-12-25(2)39(31)46/h3-22H,1-2H3;3-22H,1-2H3. The number of nitrogens with zero attached hydrogens (tertiary/aromatic N) is 5. The Morgan fingerprint density at radius 2 is 0.543 bits per heavy atom. The number of fused-ring (bicyclic) bond motifs is 12. The second-order valence-electron chi connectivity index (χ2n) is 23.8. The van der Waals surface area contributed by atoms with Gasteiger partial charge >= 0.3 is 18.5 Å². The van der Waals surface area contributed by atoms with Crippen LogP contribution in [0.15, 0.2) is 243 Å². The van der Waals surface area contributed by atoms with Crippen molar-refractivity contribution < 1.29 is 39.5 Å². The Bertz CT molecular complexity index is 5560. The van der Waals surface area contributed by atoms with Crippen molar-refractivity contribution in [2.24, 2.45) is 0 Å². The summed E-state index contributed by atoms with van der Waals surface area (Å²) in [6, 6.07) is 72.6. The third-order valence-corrected chi connectivity index (χ3v) is 18.2. The van der Waals surface area contributed by atoms with Crippen LogP contribution >= 0.6 is 0 Å². The Morgan fingerprint density at radius 3 is 0.830 bits per heavy atom. The lowest BCUT2D eigenvalue weighted by atomic mass is 9.95. The lowest BCUT2D eigenvalue weighted by Crippen LogP contribution is -2.17. The second-order valence-corrected chi connectivity index (χ2v) is 23.8. The van der Waals surface area contributed by atoms with Crippen molar-refractivity contribution in [3.63, 3.8) is 0 Å². The van der Waals surface area contributed by atoms with Crippen LogP contribution in [0, 0.1) is 39.0 Å². The second kappa shape index (κ2) is 21.9. The molecule has 16 rings (SSSR count). The molecule has 94 heavy (non-hydrogen) atoms. The minimum Gasteiger partial charge on any atom is -0.308 e. The number of para-hydroxylation sites is 8. The molecule has 0 N–H and O–H groups in total. The molecule has 0 saturated carbocycles. The molecule has 0 bridgehead atoms. The van der Waals surface area contributed by atoms with Crippen LogP contribution in [-0.4, -0.2) is 18.3 Å². The number of aryl methyl sites for hydroxylation is 4. The first-order valence-electron chi connectivity index (χ1n) is 30.4. The predicted octanol–water partition coefficient (Wildman–Crippen LogP) is 23.3. The van der Waals surface area contributed by atoms with Crippen molar-refractivity contribution in [1.82, 2.24) is 18.3 Å². The number of rotatable bonds is 6. The highest BCUT2D eigenvalue weighted by Gasteiger charge is 2.41. The highest BCUT2D eigenvalue weighted by atomic mass is 19.4. The first-order chi connectivity index (χ1) is 45.2. The topological polar surface area (TPSA) is 43.5 Å². The Kier molecular flexibility index (Phi) is 13.8. The van der Waals surface area contributed by atoms with Crippen LogP contribution in [0.5, 0.6) is 0 Å². The van der Waals surface area contributed by atoms with Crippen LogP contribution < -0.4 is 0 Å². The van der Waals surface area contributed by atoms with E-state index >= 15 is 13.2 Å². The number of benzene rings is 12. The summed E-state index contributed by atoms with van der Waals surface area (Å²) in [5.41, 5.74) is 7.63. The third kappa shape index (κ3) is 9.31. The van der Waals surface area contributed by atoms with Crippen molar-refractivity contribution in [1.29, 1.82) is 5.26 Å². The van der Waals surface area contributed by atoms with Gasteiger partial charge in [0.05, 0.1) is 78.0 Å². The van der Waals surface area contributed by atoms with Crippen LogP contribution in [0.2, 0.25) is 0 Å². The molecule has 14 heteroatoms. The van der Waals surface area contributed by atoms with Crippen LogP contribution in [0.1, 0.15) is 44.5 Å². The molecule has 0 spiro atoms. The summed E-state index contributed by atoms with van der Waals surface area (Å²) in [6.45, 7) is 7.68. The van der Waals surface area contributed by atoms with E-state index in [1.54, 1.807) is 51.6 Å². The van der Waals surface area contributed by atoms with Gasteiger partial charge in [0.2, 0.25) is 0 Å². The van der Waals surface area contributed by atoms with E-state index in [0.717, 1.165) is 99.5 Å². The molecule has 4 aromatic heterocycles. The van der Waals surface area contributed by atoms with Gasteiger partial charge in [0.15, 0.2) is 0 Å². The van der Waals surface area contributed by atoms with Gasteiger partial charge in [-0.15, -0.1) is 0 Å². The number of halogens is 9. The Balaban J connectivity index is 0.000000155. The quantitative estimate of drug-likeness (QED) is 0.153. The van der Waals surface area contributed by atoms with Gasteiger partial charge in [0.1, 0.15) is 17.2 Å². The van der Waals surface area contributed by atoms with Gasteiger partial charge in [-0.25, -0.2) is 0 Å². The Hall–Kier alpha value is -11.3. The number of aromatic nitrogens is 4. The predicted molar refractivity (Wildman–Crippen MR) is 360 cm³/mol. The van der Waals surface area contributed by atoms with E-state index in [2.05, 4.69) is 6.07 Å². The molecule has 4 heterocycles.